The molecule has 1 aromatic heterocycles. The van der Waals surface area contributed by atoms with Gasteiger partial charge in [-0.15, -0.1) is 0 Å². The van der Waals surface area contributed by atoms with Crippen LogP contribution in [0.25, 0.3) is 0 Å². The van der Waals surface area contributed by atoms with Gasteiger partial charge in [-0.1, -0.05) is 0 Å². The molecule has 90 valence electrons. The summed E-state index contributed by atoms with van der Waals surface area (Å²) in [5.74, 6) is -0.0803. The third-order valence-corrected chi connectivity index (χ3v) is 3.63. The van der Waals surface area contributed by atoms with Gasteiger partial charge in [0.15, 0.2) is 6.20 Å². The number of hydrogen-bond acceptors (Lipinski definition) is 5. The van der Waals surface area contributed by atoms with Gasteiger partial charge in [-0.05, 0) is 31.9 Å². The van der Waals surface area contributed by atoms with Crippen LogP contribution in [0.2, 0.25) is 0 Å². The van der Waals surface area contributed by atoms with Crippen molar-refractivity contribution in [3.8, 4) is 0 Å². The van der Waals surface area contributed by atoms with Gasteiger partial charge in [0, 0.05) is 13.1 Å². The molecule has 2 aliphatic rings. The summed E-state index contributed by atoms with van der Waals surface area (Å²) in [5, 5.41) is 10.9. The molecule has 0 unspecified atom stereocenters. The lowest BCUT2D eigenvalue weighted by Crippen LogP contribution is -2.66. The first-order chi connectivity index (χ1) is 8.10. The van der Waals surface area contributed by atoms with Crippen LogP contribution >= 0.6 is 15.9 Å². The van der Waals surface area contributed by atoms with Gasteiger partial charge in [0.2, 0.25) is 0 Å². The Labute approximate surface area is 106 Å². The maximum absolute atomic E-state index is 10.9. The van der Waals surface area contributed by atoms with E-state index in [4.69, 9.17) is 4.74 Å². The van der Waals surface area contributed by atoms with Gasteiger partial charge in [0.1, 0.15) is 5.69 Å². The smallest absolute Gasteiger partial charge is 0.380 e. The molecule has 3 heterocycles. The molecular formula is C10H10BrN3O3. The van der Waals surface area contributed by atoms with E-state index in [9.17, 15) is 10.1 Å². The van der Waals surface area contributed by atoms with Crippen molar-refractivity contribution >= 4 is 27.4 Å². The minimum absolute atomic E-state index is 0.0803. The molecular weight excluding hydrogens is 290 g/mol. The predicted molar refractivity (Wildman–Crippen MR) is 64.1 cm³/mol. The summed E-state index contributed by atoms with van der Waals surface area (Å²) in [6.07, 6.45) is 1.45. The van der Waals surface area contributed by atoms with Crippen molar-refractivity contribution in [3.05, 3.63) is 26.9 Å². The Morgan fingerprint density at radius 2 is 2.24 bits per heavy atom. The zero-order valence-corrected chi connectivity index (χ0v) is 10.5. The Kier molecular flexibility index (Phi) is 2.34. The molecule has 0 N–H and O–H groups in total. The van der Waals surface area contributed by atoms with Crippen LogP contribution in [0.4, 0.5) is 11.5 Å². The van der Waals surface area contributed by atoms with Gasteiger partial charge >= 0.3 is 5.82 Å². The standard InChI is InChI=1S/C10H10BrN3O3/c11-7-1-8(9(12-2-7)14(15)16)13-3-10(4-13)5-17-6-10/h1-2H,3-6H2. The number of nitrogens with zero attached hydrogens (tertiary/aromatic N) is 3. The molecule has 0 radical (unpaired) electrons. The van der Waals surface area contributed by atoms with E-state index in [0.717, 1.165) is 30.8 Å². The largest absolute Gasteiger partial charge is 0.387 e. The zero-order chi connectivity index (χ0) is 12.0. The summed E-state index contributed by atoms with van der Waals surface area (Å²) in [6.45, 7) is 3.15. The molecule has 2 aliphatic heterocycles. The second-order valence-electron chi connectivity index (χ2n) is 4.60. The van der Waals surface area contributed by atoms with Gasteiger partial charge in [-0.25, -0.2) is 0 Å². The fourth-order valence-electron chi connectivity index (χ4n) is 2.30. The molecule has 0 aliphatic carbocycles. The van der Waals surface area contributed by atoms with Gasteiger partial charge in [-0.3, -0.25) is 0 Å². The van der Waals surface area contributed by atoms with Gasteiger partial charge in [-0.2, -0.15) is 0 Å². The highest BCUT2D eigenvalue weighted by Gasteiger charge is 2.50. The topological polar surface area (TPSA) is 68.5 Å². The number of ether oxygens (including phenoxy) is 1. The SMILES string of the molecule is O=[N+]([O-])c1ncc(Br)cc1N1CC2(COC2)C1. The van der Waals surface area contributed by atoms with Crippen molar-refractivity contribution in [2.45, 2.75) is 0 Å². The molecule has 1 spiro atoms. The summed E-state index contributed by atoms with van der Waals surface area (Å²) in [6, 6.07) is 1.75. The Bertz CT molecular complexity index is 482. The predicted octanol–water partition coefficient (Wildman–Crippen LogP) is 1.59. The molecule has 7 heteroatoms. The molecule has 1 aromatic rings. The molecule has 0 atom stereocenters. The Hall–Kier alpha value is -1.21. The second kappa shape index (κ2) is 3.64. The first kappa shape index (κ1) is 10.9. The lowest BCUT2D eigenvalue weighted by Gasteiger charge is -2.55. The van der Waals surface area contributed by atoms with E-state index in [1.54, 1.807) is 6.07 Å². The van der Waals surface area contributed by atoms with Crippen molar-refractivity contribution in [3.63, 3.8) is 0 Å². The number of aromatic nitrogens is 1. The van der Waals surface area contributed by atoms with Crippen molar-refractivity contribution in [1.29, 1.82) is 0 Å². The number of hydrogen-bond donors (Lipinski definition) is 0. The fraction of sp³-hybridized carbons (Fsp3) is 0.500. The maximum atomic E-state index is 10.9. The van der Waals surface area contributed by atoms with Crippen LogP contribution in [-0.4, -0.2) is 36.2 Å². The summed E-state index contributed by atoms with van der Waals surface area (Å²) < 4.78 is 5.93. The number of nitro groups is 1. The number of anilines is 1. The normalized spacial score (nSPS) is 20.9. The van der Waals surface area contributed by atoms with Crippen LogP contribution in [-0.2, 0) is 4.74 Å². The van der Waals surface area contributed by atoms with Crippen molar-refractivity contribution < 1.29 is 9.66 Å². The van der Waals surface area contributed by atoms with E-state index in [2.05, 4.69) is 20.9 Å². The van der Waals surface area contributed by atoms with Crippen molar-refractivity contribution in [2.75, 3.05) is 31.2 Å². The first-order valence-electron chi connectivity index (χ1n) is 5.22. The average molecular weight is 300 g/mol. The van der Waals surface area contributed by atoms with E-state index < -0.39 is 4.92 Å². The molecule has 2 saturated heterocycles. The monoisotopic (exact) mass is 299 g/mol. The summed E-state index contributed by atoms with van der Waals surface area (Å²) >= 11 is 3.29. The molecule has 0 saturated carbocycles. The van der Waals surface area contributed by atoms with Crippen molar-refractivity contribution in [2.24, 2.45) is 5.41 Å². The summed E-state index contributed by atoms with van der Waals surface area (Å²) in [7, 11) is 0. The third-order valence-electron chi connectivity index (χ3n) is 3.20. The highest BCUT2D eigenvalue weighted by atomic mass is 79.9. The van der Waals surface area contributed by atoms with Crippen LogP contribution in [0.3, 0.4) is 0 Å². The number of halogens is 1. The van der Waals surface area contributed by atoms with Crippen LogP contribution in [0.1, 0.15) is 0 Å². The van der Waals surface area contributed by atoms with Crippen LogP contribution < -0.4 is 4.90 Å². The lowest BCUT2D eigenvalue weighted by atomic mass is 9.78. The van der Waals surface area contributed by atoms with Gasteiger partial charge < -0.3 is 19.8 Å². The zero-order valence-electron chi connectivity index (χ0n) is 8.93. The molecule has 17 heavy (non-hydrogen) atoms. The van der Waals surface area contributed by atoms with E-state index >= 15 is 0 Å². The first-order valence-corrected chi connectivity index (χ1v) is 6.02. The van der Waals surface area contributed by atoms with E-state index in [0.29, 0.717) is 5.69 Å². The molecule has 2 fully saturated rings. The van der Waals surface area contributed by atoms with Crippen LogP contribution in [0.5, 0.6) is 0 Å². The van der Waals surface area contributed by atoms with E-state index in [-0.39, 0.29) is 11.2 Å². The maximum Gasteiger partial charge on any atom is 0.387 e. The van der Waals surface area contributed by atoms with E-state index in [1.807, 2.05) is 4.90 Å². The summed E-state index contributed by atoms with van der Waals surface area (Å²) in [5.41, 5.74) is 0.817. The van der Waals surface area contributed by atoms with Crippen LogP contribution in [0.15, 0.2) is 16.7 Å². The molecule has 0 bridgehead atoms. The van der Waals surface area contributed by atoms with Gasteiger partial charge in [0.25, 0.3) is 0 Å². The lowest BCUT2D eigenvalue weighted by molar-refractivity contribution is -0.388. The highest BCUT2D eigenvalue weighted by molar-refractivity contribution is 9.10. The van der Waals surface area contributed by atoms with E-state index in [1.165, 1.54) is 6.20 Å². The minimum Gasteiger partial charge on any atom is -0.380 e. The van der Waals surface area contributed by atoms with Crippen LogP contribution in [0, 0.1) is 15.5 Å². The minimum atomic E-state index is -0.440. The molecule has 0 amide bonds. The molecule has 3 rings (SSSR count). The second-order valence-corrected chi connectivity index (χ2v) is 5.52. The Morgan fingerprint density at radius 3 is 2.76 bits per heavy atom. The van der Waals surface area contributed by atoms with Gasteiger partial charge in [0.05, 0.1) is 23.1 Å². The highest BCUT2D eigenvalue weighted by Crippen LogP contribution is 2.42. The number of pyridine rings is 1. The summed E-state index contributed by atoms with van der Waals surface area (Å²) in [4.78, 5) is 16.3. The fourth-order valence-corrected chi connectivity index (χ4v) is 2.62. The third kappa shape index (κ3) is 1.69. The average Bonchev–Trinajstić information content (AvgIpc) is 2.12. The Morgan fingerprint density at radius 1 is 1.53 bits per heavy atom. The molecule has 0 aromatic carbocycles. The quantitative estimate of drug-likeness (QED) is 0.613. The van der Waals surface area contributed by atoms with Crippen molar-refractivity contribution in [1.82, 2.24) is 4.98 Å². The number of rotatable bonds is 2. The Balaban J connectivity index is 1.87. The molecule has 6 nitrogen and oxygen atoms in total.